The zero-order valence-corrected chi connectivity index (χ0v) is 11.9. The third-order valence-corrected chi connectivity index (χ3v) is 4.36. The second kappa shape index (κ2) is 6.48. The van der Waals surface area contributed by atoms with Crippen LogP contribution in [-0.2, 0) is 26.2 Å². The monoisotopic (exact) mass is 304 g/mol. The molecule has 0 bridgehead atoms. The van der Waals surface area contributed by atoms with Crippen molar-refractivity contribution in [2.45, 2.75) is 17.9 Å². The molecule has 0 fully saturated rings. The van der Waals surface area contributed by atoms with Crippen LogP contribution in [0.1, 0.15) is 6.42 Å². The lowest BCUT2D eigenvalue weighted by molar-refractivity contribution is -0.137. The third-order valence-electron chi connectivity index (χ3n) is 2.55. The molecule has 0 saturated carbocycles. The number of carbonyl (C=O) groups excluding carboxylic acids is 1. The zero-order valence-electron chi connectivity index (χ0n) is 11.1. The lowest BCUT2D eigenvalue weighted by Crippen LogP contribution is -2.31. The first-order chi connectivity index (χ1) is 9.27. The molecule has 10 heteroatoms. The maximum absolute atomic E-state index is 12.1. The number of carbonyl (C=O) groups is 2. The van der Waals surface area contributed by atoms with Crippen molar-refractivity contribution in [1.29, 1.82) is 0 Å². The minimum absolute atomic E-state index is 0.0200. The van der Waals surface area contributed by atoms with Crippen molar-refractivity contribution in [3.8, 4) is 0 Å². The van der Waals surface area contributed by atoms with Crippen molar-refractivity contribution in [2.75, 3.05) is 20.6 Å². The van der Waals surface area contributed by atoms with E-state index in [4.69, 9.17) is 5.11 Å². The Bertz CT molecular complexity index is 595. The van der Waals surface area contributed by atoms with E-state index in [2.05, 4.69) is 10.4 Å². The molecule has 1 aromatic heterocycles. The molecule has 20 heavy (non-hydrogen) atoms. The highest BCUT2D eigenvalue weighted by molar-refractivity contribution is 7.89. The van der Waals surface area contributed by atoms with Crippen LogP contribution in [0.3, 0.4) is 0 Å². The minimum Gasteiger partial charge on any atom is -0.480 e. The van der Waals surface area contributed by atoms with E-state index in [9.17, 15) is 18.0 Å². The number of aromatic nitrogens is 2. The molecule has 0 unspecified atom stereocenters. The van der Waals surface area contributed by atoms with E-state index in [-0.39, 0.29) is 23.8 Å². The number of hydrogen-bond donors (Lipinski definition) is 2. The standard InChI is InChI=1S/C10H16N4O5S/c1-11-9(15)3-4-13(2)20(18,19)8-5-12-14(6-8)7-10(16)17/h5-6H,3-4,7H2,1-2H3,(H,11,15)(H,16,17). The van der Waals surface area contributed by atoms with Gasteiger partial charge in [0.15, 0.2) is 0 Å². The summed E-state index contributed by atoms with van der Waals surface area (Å²) in [5, 5.41) is 14.7. The Morgan fingerprint density at radius 3 is 2.70 bits per heavy atom. The average molecular weight is 304 g/mol. The SMILES string of the molecule is CNC(=O)CCN(C)S(=O)(=O)c1cnn(CC(=O)O)c1. The predicted molar refractivity (Wildman–Crippen MR) is 68.4 cm³/mol. The van der Waals surface area contributed by atoms with Crippen LogP contribution in [0, 0.1) is 0 Å². The summed E-state index contributed by atoms with van der Waals surface area (Å²) in [6.45, 7) is -0.399. The number of aliphatic carboxylic acids is 1. The van der Waals surface area contributed by atoms with Gasteiger partial charge in [-0.15, -0.1) is 0 Å². The number of carboxylic acid groups (broad SMARTS) is 1. The Balaban J connectivity index is 2.79. The van der Waals surface area contributed by atoms with Crippen LogP contribution >= 0.6 is 0 Å². The number of rotatable bonds is 7. The smallest absolute Gasteiger partial charge is 0.325 e. The number of amides is 1. The molecule has 9 nitrogen and oxygen atoms in total. The van der Waals surface area contributed by atoms with Crippen molar-refractivity contribution in [1.82, 2.24) is 19.4 Å². The Kier molecular flexibility index (Phi) is 5.22. The van der Waals surface area contributed by atoms with Crippen LogP contribution in [-0.4, -0.2) is 60.1 Å². The van der Waals surface area contributed by atoms with E-state index in [0.717, 1.165) is 21.4 Å². The number of hydrogen-bond acceptors (Lipinski definition) is 5. The van der Waals surface area contributed by atoms with Crippen LogP contribution in [0.2, 0.25) is 0 Å². The van der Waals surface area contributed by atoms with Gasteiger partial charge in [-0.3, -0.25) is 14.3 Å². The van der Waals surface area contributed by atoms with E-state index in [1.807, 2.05) is 0 Å². The van der Waals surface area contributed by atoms with Crippen LogP contribution in [0.25, 0.3) is 0 Å². The first kappa shape index (κ1) is 16.1. The fourth-order valence-electron chi connectivity index (χ4n) is 1.39. The van der Waals surface area contributed by atoms with Gasteiger partial charge in [-0.1, -0.05) is 0 Å². The lowest BCUT2D eigenvalue weighted by atomic mass is 10.4. The van der Waals surface area contributed by atoms with E-state index < -0.39 is 22.5 Å². The molecule has 0 radical (unpaired) electrons. The predicted octanol–water partition coefficient (Wildman–Crippen LogP) is -1.28. The summed E-state index contributed by atoms with van der Waals surface area (Å²) < 4.78 is 26.3. The first-order valence-electron chi connectivity index (χ1n) is 5.68. The van der Waals surface area contributed by atoms with Crippen molar-refractivity contribution >= 4 is 21.9 Å². The number of carboxylic acids is 1. The average Bonchev–Trinajstić information content (AvgIpc) is 2.83. The molecular weight excluding hydrogens is 288 g/mol. The van der Waals surface area contributed by atoms with Crippen LogP contribution in [0.5, 0.6) is 0 Å². The van der Waals surface area contributed by atoms with Gasteiger partial charge in [-0.25, -0.2) is 12.7 Å². The van der Waals surface area contributed by atoms with Crippen molar-refractivity contribution in [3.63, 3.8) is 0 Å². The van der Waals surface area contributed by atoms with Gasteiger partial charge in [0.1, 0.15) is 11.4 Å². The summed E-state index contributed by atoms with van der Waals surface area (Å²) in [7, 11) is -0.976. The van der Waals surface area contributed by atoms with Gasteiger partial charge in [0, 0.05) is 33.3 Å². The van der Waals surface area contributed by atoms with Crippen molar-refractivity contribution < 1.29 is 23.1 Å². The molecule has 0 aliphatic heterocycles. The maximum atomic E-state index is 12.1. The fraction of sp³-hybridized carbons (Fsp3) is 0.500. The molecule has 112 valence electrons. The third kappa shape index (κ3) is 4.03. The van der Waals surface area contributed by atoms with E-state index in [1.165, 1.54) is 14.1 Å². The van der Waals surface area contributed by atoms with E-state index in [0.29, 0.717) is 0 Å². The molecule has 1 rings (SSSR count). The summed E-state index contributed by atoms with van der Waals surface area (Å²) in [4.78, 5) is 21.5. The number of nitrogens with one attached hydrogen (secondary N) is 1. The number of sulfonamides is 1. The zero-order chi connectivity index (χ0) is 15.3. The first-order valence-corrected chi connectivity index (χ1v) is 7.12. The normalized spacial score (nSPS) is 11.6. The van der Waals surface area contributed by atoms with Crippen LogP contribution < -0.4 is 5.32 Å². The molecule has 1 aromatic rings. The summed E-state index contributed by atoms with van der Waals surface area (Å²) in [6.07, 6.45) is 2.25. The molecule has 0 aromatic carbocycles. The van der Waals surface area contributed by atoms with Crippen LogP contribution in [0.4, 0.5) is 0 Å². The Morgan fingerprint density at radius 2 is 2.15 bits per heavy atom. The highest BCUT2D eigenvalue weighted by atomic mass is 32.2. The van der Waals surface area contributed by atoms with Crippen molar-refractivity contribution in [2.24, 2.45) is 0 Å². The van der Waals surface area contributed by atoms with Gasteiger partial charge in [0.05, 0.1) is 6.20 Å². The van der Waals surface area contributed by atoms with Gasteiger partial charge < -0.3 is 10.4 Å². The summed E-state index contributed by atoms with van der Waals surface area (Å²) >= 11 is 0. The van der Waals surface area contributed by atoms with Gasteiger partial charge >= 0.3 is 5.97 Å². The lowest BCUT2D eigenvalue weighted by Gasteiger charge is -2.15. The maximum Gasteiger partial charge on any atom is 0.325 e. The molecule has 0 spiro atoms. The Morgan fingerprint density at radius 1 is 1.50 bits per heavy atom. The molecule has 1 heterocycles. The fourth-order valence-corrected chi connectivity index (χ4v) is 2.51. The van der Waals surface area contributed by atoms with Gasteiger partial charge in [-0.05, 0) is 0 Å². The van der Waals surface area contributed by atoms with Crippen molar-refractivity contribution in [3.05, 3.63) is 12.4 Å². The second-order valence-corrected chi connectivity index (χ2v) is 6.06. The highest BCUT2D eigenvalue weighted by Crippen LogP contribution is 2.13. The van der Waals surface area contributed by atoms with Crippen LogP contribution in [0.15, 0.2) is 17.3 Å². The molecule has 0 atom stereocenters. The molecule has 1 amide bonds. The summed E-state index contributed by atoms with van der Waals surface area (Å²) in [5.41, 5.74) is 0. The summed E-state index contributed by atoms with van der Waals surface area (Å²) in [6, 6.07) is 0. The van der Waals surface area contributed by atoms with Gasteiger partial charge in [0.2, 0.25) is 15.9 Å². The molecule has 0 aliphatic carbocycles. The number of nitrogens with zero attached hydrogens (tertiary/aromatic N) is 3. The molecule has 0 aliphatic rings. The minimum atomic E-state index is -3.78. The summed E-state index contributed by atoms with van der Waals surface area (Å²) in [5.74, 6) is -1.39. The van der Waals surface area contributed by atoms with E-state index >= 15 is 0 Å². The highest BCUT2D eigenvalue weighted by Gasteiger charge is 2.23. The molecule has 2 N–H and O–H groups in total. The Labute approximate surface area is 116 Å². The van der Waals surface area contributed by atoms with Gasteiger partial charge in [-0.2, -0.15) is 5.10 Å². The van der Waals surface area contributed by atoms with Gasteiger partial charge in [0.25, 0.3) is 0 Å². The second-order valence-electron chi connectivity index (χ2n) is 4.02. The molecule has 0 saturated heterocycles. The Hall–Kier alpha value is -1.94. The quantitative estimate of drug-likeness (QED) is 0.647. The topological polar surface area (TPSA) is 122 Å². The van der Waals surface area contributed by atoms with E-state index in [1.54, 1.807) is 0 Å². The molecular formula is C10H16N4O5S. The largest absolute Gasteiger partial charge is 0.480 e.